The summed E-state index contributed by atoms with van der Waals surface area (Å²) in [5.74, 6) is -10.0. The van der Waals surface area contributed by atoms with Crippen LogP contribution < -0.4 is 0 Å². The van der Waals surface area contributed by atoms with E-state index in [-0.39, 0.29) is 5.56 Å². The molecule has 0 N–H and O–H groups in total. The lowest BCUT2D eigenvalue weighted by Crippen LogP contribution is -2.14. The van der Waals surface area contributed by atoms with Gasteiger partial charge in [0.1, 0.15) is 17.5 Å². The van der Waals surface area contributed by atoms with E-state index in [0.29, 0.717) is 6.08 Å². The van der Waals surface area contributed by atoms with Crippen molar-refractivity contribution in [2.24, 2.45) is 17.3 Å². The van der Waals surface area contributed by atoms with Crippen LogP contribution in [-0.4, -0.2) is 12.1 Å². The van der Waals surface area contributed by atoms with E-state index in [4.69, 9.17) is 16.3 Å². The Hall–Kier alpha value is -2.55. The fraction of sp³-hybridized carbons (Fsp3) is 0.318. The number of carbonyl (C=O) groups excluding carboxylic acids is 1. The second-order valence-electron chi connectivity index (χ2n) is 7.92. The van der Waals surface area contributed by atoms with Gasteiger partial charge in [0.2, 0.25) is 0 Å². The summed E-state index contributed by atoms with van der Waals surface area (Å²) in [5, 5.41) is -1.41. The van der Waals surface area contributed by atoms with Crippen molar-refractivity contribution in [2.45, 2.75) is 26.6 Å². The minimum absolute atomic E-state index is 0.0655. The molecular formula is C22H16ClF7O2. The SMILES string of the molecule is CC1(C)C(C=C(Cl)C(F)(F)F)C1C(=O)OCc1c(F)c(F)c(F)c(-c2ccccc2)c1F. The Kier molecular flexibility index (Phi) is 6.34. The molecule has 0 heterocycles. The van der Waals surface area contributed by atoms with Crippen LogP contribution in [0.4, 0.5) is 30.7 Å². The molecule has 2 nitrogen and oxygen atoms in total. The smallest absolute Gasteiger partial charge is 0.426 e. The van der Waals surface area contributed by atoms with Gasteiger partial charge in [-0.3, -0.25) is 4.79 Å². The summed E-state index contributed by atoms with van der Waals surface area (Å²) in [6, 6.07) is 6.98. The molecule has 0 spiro atoms. The standard InChI is InChI=1S/C22H16ClF7O2/c1-21(2)12(8-13(23)22(28,29)30)15(21)20(31)32-9-11-16(24)14(10-6-4-3-5-7-10)18(26)19(27)17(11)25/h3-8,12,15H,9H2,1-2H3. The maximum atomic E-state index is 14.9. The zero-order valence-corrected chi connectivity index (χ0v) is 17.4. The third-order valence-electron chi connectivity index (χ3n) is 5.54. The maximum absolute atomic E-state index is 14.9. The highest BCUT2D eigenvalue weighted by molar-refractivity contribution is 6.30. The van der Waals surface area contributed by atoms with Gasteiger partial charge in [-0.1, -0.05) is 61.9 Å². The van der Waals surface area contributed by atoms with Crippen molar-refractivity contribution < 1.29 is 40.3 Å². The number of alkyl halides is 3. The molecule has 0 radical (unpaired) electrons. The van der Waals surface area contributed by atoms with Gasteiger partial charge in [0.15, 0.2) is 17.5 Å². The van der Waals surface area contributed by atoms with Crippen molar-refractivity contribution >= 4 is 17.6 Å². The minimum atomic E-state index is -4.79. The van der Waals surface area contributed by atoms with Crippen molar-refractivity contribution in [3.63, 3.8) is 0 Å². The molecule has 0 aliphatic heterocycles. The highest BCUT2D eigenvalue weighted by atomic mass is 35.5. The Bertz CT molecular complexity index is 1080. The van der Waals surface area contributed by atoms with E-state index in [1.807, 2.05) is 0 Å². The molecule has 1 fully saturated rings. The molecule has 1 aliphatic carbocycles. The molecule has 2 aromatic rings. The molecule has 0 saturated heterocycles. The normalized spacial score (nSPS) is 20.2. The summed E-state index contributed by atoms with van der Waals surface area (Å²) in [4.78, 5) is 12.4. The van der Waals surface area contributed by atoms with Gasteiger partial charge < -0.3 is 4.74 Å². The van der Waals surface area contributed by atoms with Crippen LogP contribution in [0.3, 0.4) is 0 Å². The molecule has 0 bridgehead atoms. The quantitative estimate of drug-likeness (QED) is 0.201. The molecule has 3 rings (SSSR count). The zero-order valence-electron chi connectivity index (χ0n) is 16.7. The molecule has 10 heteroatoms. The monoisotopic (exact) mass is 480 g/mol. The Labute approximate surface area is 183 Å². The minimum Gasteiger partial charge on any atom is -0.460 e. The van der Waals surface area contributed by atoms with Crippen LogP contribution in [0.25, 0.3) is 11.1 Å². The first-order valence-electron chi connectivity index (χ1n) is 9.29. The number of hydrogen-bond acceptors (Lipinski definition) is 2. The first-order valence-corrected chi connectivity index (χ1v) is 9.67. The van der Waals surface area contributed by atoms with Crippen LogP contribution in [0.15, 0.2) is 41.4 Å². The molecule has 1 aliphatic rings. The lowest BCUT2D eigenvalue weighted by atomic mass is 10.0. The summed E-state index contributed by atoms with van der Waals surface area (Å²) >= 11 is 5.22. The van der Waals surface area contributed by atoms with Crippen LogP contribution in [0.2, 0.25) is 0 Å². The number of halogens is 8. The van der Waals surface area contributed by atoms with Crippen LogP contribution in [0, 0.1) is 40.5 Å². The van der Waals surface area contributed by atoms with Crippen LogP contribution in [-0.2, 0) is 16.1 Å². The van der Waals surface area contributed by atoms with Gasteiger partial charge in [-0.2, -0.15) is 13.2 Å². The topological polar surface area (TPSA) is 26.3 Å². The van der Waals surface area contributed by atoms with Gasteiger partial charge in [-0.05, 0) is 16.9 Å². The fourth-order valence-corrected chi connectivity index (χ4v) is 3.73. The van der Waals surface area contributed by atoms with Crippen LogP contribution >= 0.6 is 11.6 Å². The average molecular weight is 481 g/mol. The average Bonchev–Trinajstić information content (AvgIpc) is 3.26. The second-order valence-corrected chi connectivity index (χ2v) is 8.33. The molecule has 2 atom stereocenters. The zero-order chi connectivity index (χ0) is 24.0. The van der Waals surface area contributed by atoms with Gasteiger partial charge >= 0.3 is 12.1 Å². The van der Waals surface area contributed by atoms with Crippen molar-refractivity contribution in [2.75, 3.05) is 0 Å². The van der Waals surface area contributed by atoms with Gasteiger partial charge in [-0.15, -0.1) is 0 Å². The first-order chi connectivity index (χ1) is 14.8. The molecule has 32 heavy (non-hydrogen) atoms. The number of ether oxygens (including phenoxy) is 1. The summed E-state index contributed by atoms with van der Waals surface area (Å²) in [6.45, 7) is 1.91. The first kappa shape index (κ1) is 24.1. The molecule has 172 valence electrons. The predicted molar refractivity (Wildman–Crippen MR) is 102 cm³/mol. The molecule has 0 aromatic heterocycles. The second kappa shape index (κ2) is 8.42. The number of rotatable bonds is 5. The summed E-state index contributed by atoms with van der Waals surface area (Å²) < 4.78 is 100. The van der Waals surface area contributed by atoms with E-state index >= 15 is 0 Å². The van der Waals surface area contributed by atoms with E-state index in [1.165, 1.54) is 38.1 Å². The summed E-state index contributed by atoms with van der Waals surface area (Å²) in [6.07, 6.45) is -4.11. The van der Waals surface area contributed by atoms with Crippen LogP contribution in [0.5, 0.6) is 0 Å². The molecule has 2 unspecified atom stereocenters. The van der Waals surface area contributed by atoms with Crippen LogP contribution in [0.1, 0.15) is 19.4 Å². The van der Waals surface area contributed by atoms with E-state index < -0.39 is 75.4 Å². The third kappa shape index (κ3) is 4.35. The lowest BCUT2D eigenvalue weighted by Gasteiger charge is -2.13. The lowest BCUT2D eigenvalue weighted by molar-refractivity contribution is -0.147. The molecular weight excluding hydrogens is 465 g/mol. The number of allylic oxidation sites excluding steroid dienone is 2. The largest absolute Gasteiger partial charge is 0.460 e. The number of carbonyl (C=O) groups is 1. The highest BCUT2D eigenvalue weighted by Gasteiger charge is 2.62. The van der Waals surface area contributed by atoms with Crippen molar-refractivity contribution in [1.82, 2.24) is 0 Å². The van der Waals surface area contributed by atoms with E-state index in [9.17, 15) is 35.5 Å². The number of esters is 1. The number of hydrogen-bond donors (Lipinski definition) is 0. The van der Waals surface area contributed by atoms with Gasteiger partial charge in [0, 0.05) is 0 Å². The summed E-state index contributed by atoms with van der Waals surface area (Å²) in [5.41, 5.74) is -2.87. The van der Waals surface area contributed by atoms with E-state index in [1.54, 1.807) is 6.07 Å². The maximum Gasteiger partial charge on any atom is 0.426 e. The van der Waals surface area contributed by atoms with Gasteiger partial charge in [-0.25, -0.2) is 17.6 Å². The predicted octanol–water partition coefficient (Wildman–Crippen LogP) is 6.91. The van der Waals surface area contributed by atoms with Crippen molar-refractivity contribution in [3.05, 3.63) is 70.3 Å². The Morgan fingerprint density at radius 3 is 2.19 bits per heavy atom. The van der Waals surface area contributed by atoms with Crippen molar-refractivity contribution in [3.8, 4) is 11.1 Å². The third-order valence-corrected chi connectivity index (χ3v) is 5.88. The molecule has 0 amide bonds. The van der Waals surface area contributed by atoms with E-state index in [2.05, 4.69) is 0 Å². The number of benzene rings is 2. The summed E-state index contributed by atoms with van der Waals surface area (Å²) in [7, 11) is 0. The Morgan fingerprint density at radius 1 is 1.03 bits per heavy atom. The molecule has 2 aromatic carbocycles. The van der Waals surface area contributed by atoms with E-state index in [0.717, 1.165) is 0 Å². The van der Waals surface area contributed by atoms with Crippen molar-refractivity contribution in [1.29, 1.82) is 0 Å². The highest BCUT2D eigenvalue weighted by Crippen LogP contribution is 2.60. The van der Waals surface area contributed by atoms with Gasteiger partial charge in [0.05, 0.1) is 17.0 Å². The molecule has 1 saturated carbocycles. The fourth-order valence-electron chi connectivity index (χ4n) is 3.59. The Balaban J connectivity index is 1.85. The van der Waals surface area contributed by atoms with Gasteiger partial charge in [0.25, 0.3) is 0 Å². The Morgan fingerprint density at radius 2 is 1.62 bits per heavy atom.